The first-order valence-corrected chi connectivity index (χ1v) is 9.10. The number of carbonyl (C=O) groups is 2. The highest BCUT2D eigenvalue weighted by Gasteiger charge is 2.18. The Morgan fingerprint density at radius 3 is 2.28 bits per heavy atom. The Kier molecular flexibility index (Phi) is 7.19. The molecule has 0 radical (unpaired) electrons. The summed E-state index contributed by atoms with van der Waals surface area (Å²) in [6, 6.07) is 12.3. The van der Waals surface area contributed by atoms with Crippen molar-refractivity contribution in [2.24, 2.45) is 11.5 Å². The van der Waals surface area contributed by atoms with E-state index >= 15 is 0 Å². The molecule has 2 aromatic rings. The van der Waals surface area contributed by atoms with Crippen molar-refractivity contribution in [1.29, 1.82) is 5.41 Å². The molecule has 0 aliphatic carbocycles. The highest BCUT2D eigenvalue weighted by molar-refractivity contribution is 5.95. The first-order valence-electron chi connectivity index (χ1n) is 9.10. The third-order valence-corrected chi connectivity index (χ3v) is 4.11. The molecule has 1 amide bonds. The summed E-state index contributed by atoms with van der Waals surface area (Å²) in [4.78, 5) is 22.8. The predicted octanol–water partition coefficient (Wildman–Crippen LogP) is 2.63. The molecule has 6 N–H and O–H groups in total. The number of nitrogens with two attached hydrogens (primary N) is 2. The van der Waals surface area contributed by atoms with Gasteiger partial charge in [0.25, 0.3) is 5.91 Å². The van der Waals surface area contributed by atoms with E-state index in [0.29, 0.717) is 22.6 Å². The fourth-order valence-electron chi connectivity index (χ4n) is 2.71. The summed E-state index contributed by atoms with van der Waals surface area (Å²) in [6.07, 6.45) is -0.784. The van der Waals surface area contributed by atoms with Crippen LogP contribution in [0.4, 0.5) is 5.69 Å². The van der Waals surface area contributed by atoms with Crippen LogP contribution in [0.25, 0.3) is 0 Å². The Labute approximate surface area is 169 Å². The normalized spacial score (nSPS) is 11.6. The zero-order chi connectivity index (χ0) is 21.6. The van der Waals surface area contributed by atoms with Gasteiger partial charge in [-0.2, -0.15) is 0 Å². The zero-order valence-corrected chi connectivity index (χ0v) is 16.7. The van der Waals surface area contributed by atoms with Crippen LogP contribution < -0.4 is 21.5 Å². The molecular formula is C21H26N4O4. The van der Waals surface area contributed by atoms with Gasteiger partial charge in [-0.1, -0.05) is 26.0 Å². The Bertz CT molecular complexity index is 894. The number of primary amides is 1. The van der Waals surface area contributed by atoms with E-state index in [9.17, 15) is 9.59 Å². The summed E-state index contributed by atoms with van der Waals surface area (Å²) >= 11 is 0. The Balaban J connectivity index is 2.35. The number of rotatable bonds is 9. The zero-order valence-electron chi connectivity index (χ0n) is 16.7. The average molecular weight is 398 g/mol. The lowest BCUT2D eigenvalue weighted by molar-refractivity contribution is -0.145. The van der Waals surface area contributed by atoms with Crippen molar-refractivity contribution in [1.82, 2.24) is 0 Å². The first kappa shape index (κ1) is 21.7. The molecule has 29 heavy (non-hydrogen) atoms. The van der Waals surface area contributed by atoms with Gasteiger partial charge in [0, 0.05) is 23.7 Å². The molecule has 0 heterocycles. The highest BCUT2D eigenvalue weighted by Crippen LogP contribution is 2.31. The molecular weight excluding hydrogens is 372 g/mol. The Morgan fingerprint density at radius 1 is 1.10 bits per heavy atom. The van der Waals surface area contributed by atoms with Crippen LogP contribution in [-0.2, 0) is 14.3 Å². The highest BCUT2D eigenvalue weighted by atomic mass is 16.6. The lowest BCUT2D eigenvalue weighted by Crippen LogP contribution is -2.21. The molecule has 2 aromatic carbocycles. The minimum absolute atomic E-state index is 0.0337. The van der Waals surface area contributed by atoms with Gasteiger partial charge in [0.2, 0.25) is 0 Å². The molecule has 2 rings (SSSR count). The summed E-state index contributed by atoms with van der Waals surface area (Å²) in [5.41, 5.74) is 13.5. The van der Waals surface area contributed by atoms with Crippen LogP contribution >= 0.6 is 0 Å². The van der Waals surface area contributed by atoms with Crippen LogP contribution in [0.2, 0.25) is 0 Å². The number of ether oxygens (including phenoxy) is 2. The van der Waals surface area contributed by atoms with E-state index in [4.69, 9.17) is 26.4 Å². The van der Waals surface area contributed by atoms with E-state index in [1.807, 2.05) is 26.0 Å². The molecule has 8 heteroatoms. The summed E-state index contributed by atoms with van der Waals surface area (Å²) in [6.45, 7) is 5.08. The summed E-state index contributed by atoms with van der Waals surface area (Å²) in [7, 11) is 0. The van der Waals surface area contributed by atoms with Crippen LogP contribution in [-0.4, -0.2) is 24.3 Å². The molecule has 0 saturated heterocycles. The van der Waals surface area contributed by atoms with Crippen LogP contribution in [0.3, 0.4) is 0 Å². The second-order valence-corrected chi connectivity index (χ2v) is 6.83. The molecule has 1 atom stereocenters. The van der Waals surface area contributed by atoms with E-state index in [-0.39, 0.29) is 18.4 Å². The van der Waals surface area contributed by atoms with Gasteiger partial charge in [0.15, 0.2) is 12.8 Å². The summed E-state index contributed by atoms with van der Waals surface area (Å²) in [5, 5.41) is 10.6. The molecule has 0 fully saturated rings. The van der Waals surface area contributed by atoms with E-state index in [0.717, 1.165) is 5.56 Å². The van der Waals surface area contributed by atoms with E-state index in [1.54, 1.807) is 30.3 Å². The Morgan fingerprint density at radius 2 is 1.76 bits per heavy atom. The maximum atomic E-state index is 11.6. The number of nitrogens with one attached hydrogen (secondary N) is 2. The second kappa shape index (κ2) is 9.59. The monoisotopic (exact) mass is 398 g/mol. The van der Waals surface area contributed by atoms with Crippen molar-refractivity contribution >= 4 is 23.4 Å². The maximum Gasteiger partial charge on any atom is 0.304 e. The number of nitrogen functional groups attached to an aromatic ring is 1. The maximum absolute atomic E-state index is 11.6. The quantitative estimate of drug-likeness (QED) is 0.221. The first-order chi connectivity index (χ1) is 13.7. The van der Waals surface area contributed by atoms with Gasteiger partial charge in [0.1, 0.15) is 11.6 Å². The summed E-state index contributed by atoms with van der Waals surface area (Å²) in [5.74, 6) is -0.414. The lowest BCUT2D eigenvalue weighted by Gasteiger charge is -2.22. The molecule has 0 spiro atoms. The number of amidine groups is 1. The number of hydrogen-bond donors (Lipinski definition) is 4. The third kappa shape index (κ3) is 6.24. The smallest absolute Gasteiger partial charge is 0.304 e. The van der Waals surface area contributed by atoms with Crippen molar-refractivity contribution in [3.05, 3.63) is 59.2 Å². The van der Waals surface area contributed by atoms with Gasteiger partial charge in [-0.05, 0) is 41.8 Å². The minimum Gasteiger partial charge on any atom is -0.483 e. The second-order valence-electron chi connectivity index (χ2n) is 6.83. The van der Waals surface area contributed by atoms with Crippen LogP contribution in [0.5, 0.6) is 5.75 Å². The van der Waals surface area contributed by atoms with Gasteiger partial charge in [-0.15, -0.1) is 0 Å². The topological polar surface area (TPSA) is 141 Å². The van der Waals surface area contributed by atoms with Crippen LogP contribution in [0.1, 0.15) is 49.6 Å². The number of anilines is 1. The van der Waals surface area contributed by atoms with Crippen LogP contribution in [0, 0.1) is 5.41 Å². The standard InChI is InChI=1S/C21H26N4O4/c1-12(2)17-9-6-15(10-18(17)28-11-19(22)27)21(29-13(3)26)25-16-7-4-14(5-8-16)20(23)24/h4-10,12,21,25H,11H2,1-3H3,(H2,22,27)(H3,23,24). The predicted molar refractivity (Wildman–Crippen MR) is 111 cm³/mol. The molecule has 8 nitrogen and oxygen atoms in total. The number of hydrogen-bond acceptors (Lipinski definition) is 6. The third-order valence-electron chi connectivity index (χ3n) is 4.11. The van der Waals surface area contributed by atoms with Crippen molar-refractivity contribution in [2.45, 2.75) is 32.9 Å². The fraction of sp³-hybridized carbons (Fsp3) is 0.286. The molecule has 0 bridgehead atoms. The SMILES string of the molecule is CC(=O)OC(Nc1ccc(C(=N)N)cc1)c1ccc(C(C)C)c(OCC(N)=O)c1. The van der Waals surface area contributed by atoms with E-state index in [2.05, 4.69) is 5.32 Å². The van der Waals surface area contributed by atoms with Gasteiger partial charge >= 0.3 is 5.97 Å². The van der Waals surface area contributed by atoms with Gasteiger partial charge in [-0.3, -0.25) is 15.0 Å². The number of esters is 1. The largest absolute Gasteiger partial charge is 0.483 e. The molecule has 0 aliphatic heterocycles. The molecule has 0 aliphatic rings. The fourth-order valence-corrected chi connectivity index (χ4v) is 2.71. The molecule has 154 valence electrons. The summed E-state index contributed by atoms with van der Waals surface area (Å²) < 4.78 is 11.0. The molecule has 1 unspecified atom stereocenters. The van der Waals surface area contributed by atoms with E-state index < -0.39 is 18.1 Å². The molecule has 0 saturated carbocycles. The van der Waals surface area contributed by atoms with E-state index in [1.165, 1.54) is 6.92 Å². The van der Waals surface area contributed by atoms with Gasteiger partial charge in [-0.25, -0.2) is 0 Å². The average Bonchev–Trinajstić information content (AvgIpc) is 2.65. The van der Waals surface area contributed by atoms with Crippen molar-refractivity contribution in [3.8, 4) is 5.75 Å². The lowest BCUT2D eigenvalue weighted by atomic mass is 9.99. The van der Waals surface area contributed by atoms with Gasteiger partial charge < -0.3 is 26.3 Å². The molecule has 0 aromatic heterocycles. The minimum atomic E-state index is -0.784. The Hall–Kier alpha value is -3.55. The number of benzene rings is 2. The number of amides is 1. The van der Waals surface area contributed by atoms with Crippen LogP contribution in [0.15, 0.2) is 42.5 Å². The van der Waals surface area contributed by atoms with Gasteiger partial charge in [0.05, 0.1) is 0 Å². The number of carbonyl (C=O) groups excluding carboxylic acids is 2. The van der Waals surface area contributed by atoms with Crippen molar-refractivity contribution in [2.75, 3.05) is 11.9 Å². The van der Waals surface area contributed by atoms with Crippen molar-refractivity contribution < 1.29 is 19.1 Å². The van der Waals surface area contributed by atoms with Crippen molar-refractivity contribution in [3.63, 3.8) is 0 Å².